The number of rotatable bonds is 3. The van der Waals surface area contributed by atoms with Crippen LogP contribution in [0.1, 0.15) is 0 Å². The molecule has 0 saturated heterocycles. The Morgan fingerprint density at radius 2 is 1.27 bits per heavy atom. The molecular formula is C16H5F13N2OS. The Kier molecular flexibility index (Phi) is 5.28. The number of amides is 1. The van der Waals surface area contributed by atoms with E-state index in [0.29, 0.717) is 12.1 Å². The number of hydrogen-bond donors (Lipinski definition) is 1. The molecule has 0 spiro atoms. The van der Waals surface area contributed by atoms with Crippen molar-refractivity contribution in [3.63, 3.8) is 0 Å². The molecule has 0 unspecified atom stereocenters. The first-order chi connectivity index (χ1) is 14.8. The highest BCUT2D eigenvalue weighted by Gasteiger charge is 3.02. The van der Waals surface area contributed by atoms with Gasteiger partial charge in [0.05, 0.1) is 5.69 Å². The van der Waals surface area contributed by atoms with Crippen LogP contribution < -0.4 is 5.32 Å². The molecule has 1 heterocycles. The highest BCUT2D eigenvalue weighted by atomic mass is 32.1. The van der Waals surface area contributed by atoms with Gasteiger partial charge in [-0.15, -0.1) is 11.3 Å². The molecule has 33 heavy (non-hydrogen) atoms. The number of carbonyl (C=O) groups is 1. The molecule has 0 bridgehead atoms. The van der Waals surface area contributed by atoms with E-state index >= 15 is 0 Å². The molecule has 1 N–H and O–H groups in total. The van der Waals surface area contributed by atoms with Gasteiger partial charge in [-0.05, 0) is 12.1 Å². The van der Waals surface area contributed by atoms with Crippen LogP contribution in [0.3, 0.4) is 0 Å². The van der Waals surface area contributed by atoms with Crippen molar-refractivity contribution in [2.24, 2.45) is 0 Å². The number of benzene rings is 1. The van der Waals surface area contributed by atoms with Crippen LogP contribution in [0, 0.1) is 11.6 Å². The van der Waals surface area contributed by atoms with Gasteiger partial charge >= 0.3 is 35.3 Å². The summed E-state index contributed by atoms with van der Waals surface area (Å²) in [6.45, 7) is 0. The molecule has 0 atom stereocenters. The fraction of sp³-hybridized carbons (Fsp3) is 0.375. The minimum absolute atomic E-state index is 0.0651. The molecule has 1 saturated carbocycles. The lowest BCUT2D eigenvalue weighted by atomic mass is 9.71. The number of nitrogens with zero attached hydrogens (tertiary/aromatic N) is 1. The van der Waals surface area contributed by atoms with E-state index in [-0.39, 0.29) is 11.3 Å². The van der Waals surface area contributed by atoms with Gasteiger partial charge in [0.2, 0.25) is 0 Å². The average molecular weight is 520 g/mol. The van der Waals surface area contributed by atoms with E-state index in [1.165, 1.54) is 0 Å². The number of aromatic nitrogens is 1. The first-order valence-electron chi connectivity index (χ1n) is 8.07. The van der Waals surface area contributed by atoms with Crippen LogP contribution in [0.2, 0.25) is 0 Å². The first kappa shape index (κ1) is 25.0. The van der Waals surface area contributed by atoms with E-state index in [1.807, 2.05) is 0 Å². The molecule has 3 nitrogen and oxygen atoms in total. The zero-order chi connectivity index (χ0) is 25.4. The van der Waals surface area contributed by atoms with E-state index in [0.717, 1.165) is 16.8 Å². The first-order valence-corrected chi connectivity index (χ1v) is 8.95. The number of halogens is 13. The van der Waals surface area contributed by atoms with Gasteiger partial charge in [-0.1, -0.05) is 0 Å². The Morgan fingerprint density at radius 1 is 0.788 bits per heavy atom. The van der Waals surface area contributed by atoms with Crippen molar-refractivity contribution in [2.75, 3.05) is 5.32 Å². The Hall–Kier alpha value is -2.59. The summed E-state index contributed by atoms with van der Waals surface area (Å²) in [5.74, 6) is -42.9. The summed E-state index contributed by atoms with van der Waals surface area (Å²) in [6, 6.07) is 1.83. The molecule has 1 fully saturated rings. The molecular weight excluding hydrogens is 515 g/mol. The van der Waals surface area contributed by atoms with Crippen molar-refractivity contribution >= 4 is 22.4 Å². The SMILES string of the molecule is O=C(Nc1nc(-c2ccc(F)cc2F)cs1)C1(F)C(F)(F)C(F)(F)C(F)(F)C(F)(F)C1(F)F. The predicted molar refractivity (Wildman–Crippen MR) is 84.7 cm³/mol. The number of nitrogens with one attached hydrogen (secondary N) is 1. The van der Waals surface area contributed by atoms with Crippen LogP contribution in [0.4, 0.5) is 62.2 Å². The monoisotopic (exact) mass is 520 g/mol. The standard InChI is InChI=1S/C16H5F13N2OS/c17-5-1-2-6(7(18)3-5)8-4-33-10(30-8)31-9(32)11(19)12(20,21)14(24,25)16(28,29)15(26,27)13(11,22)23/h1-4H,(H,30,31,32). The molecule has 182 valence electrons. The second-order valence-electron chi connectivity index (χ2n) is 6.65. The molecule has 0 radical (unpaired) electrons. The lowest BCUT2D eigenvalue weighted by Gasteiger charge is -2.51. The van der Waals surface area contributed by atoms with Gasteiger partial charge in [-0.2, -0.15) is 43.9 Å². The average Bonchev–Trinajstić information content (AvgIpc) is 3.13. The second kappa shape index (κ2) is 6.96. The summed E-state index contributed by atoms with van der Waals surface area (Å²) in [7, 11) is 0. The summed E-state index contributed by atoms with van der Waals surface area (Å²) < 4.78 is 177. The minimum Gasteiger partial charge on any atom is -0.299 e. The predicted octanol–water partition coefficient (Wildman–Crippen LogP) is 5.93. The summed E-state index contributed by atoms with van der Waals surface area (Å²) >= 11 is 0.0651. The van der Waals surface area contributed by atoms with Crippen LogP contribution in [0.5, 0.6) is 0 Å². The molecule has 1 aromatic carbocycles. The highest BCUT2D eigenvalue weighted by Crippen LogP contribution is 2.69. The molecule has 2 aromatic rings. The van der Waals surface area contributed by atoms with Gasteiger partial charge < -0.3 is 0 Å². The molecule has 1 aromatic heterocycles. The number of carbonyl (C=O) groups excluding carboxylic acids is 1. The number of hydrogen-bond acceptors (Lipinski definition) is 3. The minimum atomic E-state index is -7.46. The zero-order valence-corrected chi connectivity index (χ0v) is 15.8. The number of anilines is 1. The fourth-order valence-electron chi connectivity index (χ4n) is 2.84. The van der Waals surface area contributed by atoms with Gasteiger partial charge in [0.15, 0.2) is 5.13 Å². The summed E-state index contributed by atoms with van der Waals surface area (Å²) in [4.78, 5) is 15.1. The maximum Gasteiger partial charge on any atom is 0.384 e. The van der Waals surface area contributed by atoms with Crippen molar-refractivity contribution in [3.8, 4) is 11.3 Å². The van der Waals surface area contributed by atoms with Gasteiger partial charge in [-0.25, -0.2) is 18.2 Å². The van der Waals surface area contributed by atoms with Crippen molar-refractivity contribution in [1.82, 2.24) is 4.98 Å². The van der Waals surface area contributed by atoms with Gasteiger partial charge in [0, 0.05) is 17.0 Å². The summed E-state index contributed by atoms with van der Waals surface area (Å²) in [5, 5.41) is 0.407. The maximum absolute atomic E-state index is 14.6. The third-order valence-corrected chi connectivity index (χ3v) is 5.45. The third kappa shape index (κ3) is 2.89. The number of alkyl halides is 11. The fourth-order valence-corrected chi connectivity index (χ4v) is 3.55. The van der Waals surface area contributed by atoms with Crippen molar-refractivity contribution in [1.29, 1.82) is 0 Å². The smallest absolute Gasteiger partial charge is 0.299 e. The Balaban J connectivity index is 2.05. The molecule has 1 aliphatic rings. The molecule has 17 heteroatoms. The topological polar surface area (TPSA) is 42.0 Å². The molecule has 1 amide bonds. The number of thiazole rings is 1. The van der Waals surface area contributed by atoms with E-state index in [4.69, 9.17) is 0 Å². The van der Waals surface area contributed by atoms with Crippen molar-refractivity contribution in [2.45, 2.75) is 35.3 Å². The van der Waals surface area contributed by atoms with Crippen molar-refractivity contribution in [3.05, 3.63) is 35.2 Å². The highest BCUT2D eigenvalue weighted by molar-refractivity contribution is 7.14. The Morgan fingerprint density at radius 3 is 1.76 bits per heavy atom. The Labute approximate surface area is 177 Å². The van der Waals surface area contributed by atoms with Crippen molar-refractivity contribution < 1.29 is 61.9 Å². The van der Waals surface area contributed by atoms with E-state index in [1.54, 1.807) is 0 Å². The summed E-state index contributed by atoms with van der Waals surface area (Å²) in [5.41, 5.74) is -7.94. The summed E-state index contributed by atoms with van der Waals surface area (Å²) in [6.07, 6.45) is 0. The largest absolute Gasteiger partial charge is 0.384 e. The van der Waals surface area contributed by atoms with Crippen LogP contribution in [-0.2, 0) is 4.79 Å². The molecule has 3 rings (SSSR count). The van der Waals surface area contributed by atoms with Gasteiger partial charge in [-0.3, -0.25) is 10.1 Å². The maximum atomic E-state index is 14.6. The van der Waals surface area contributed by atoms with E-state index in [9.17, 15) is 61.9 Å². The van der Waals surface area contributed by atoms with Crippen LogP contribution in [-0.4, -0.2) is 46.2 Å². The third-order valence-electron chi connectivity index (χ3n) is 4.69. The van der Waals surface area contributed by atoms with Crippen LogP contribution in [0.25, 0.3) is 11.3 Å². The lowest BCUT2D eigenvalue weighted by Crippen LogP contribution is -2.86. The van der Waals surface area contributed by atoms with E-state index in [2.05, 4.69) is 4.98 Å². The quantitative estimate of drug-likeness (QED) is 0.511. The molecule has 1 aliphatic carbocycles. The Bertz CT molecular complexity index is 1080. The second-order valence-corrected chi connectivity index (χ2v) is 7.50. The van der Waals surface area contributed by atoms with Crippen LogP contribution in [0.15, 0.2) is 23.6 Å². The zero-order valence-electron chi connectivity index (χ0n) is 15.0. The van der Waals surface area contributed by atoms with E-state index < -0.39 is 69.2 Å². The lowest BCUT2D eigenvalue weighted by molar-refractivity contribution is -0.475. The van der Waals surface area contributed by atoms with Gasteiger partial charge in [0.25, 0.3) is 5.91 Å². The molecule has 0 aliphatic heterocycles. The van der Waals surface area contributed by atoms with Crippen LogP contribution >= 0.6 is 11.3 Å². The van der Waals surface area contributed by atoms with Gasteiger partial charge in [0.1, 0.15) is 11.6 Å². The normalized spacial score (nSPS) is 23.7.